The Balaban J connectivity index is 3.00. The summed E-state index contributed by atoms with van der Waals surface area (Å²) in [6.45, 7) is 1.07. The molecule has 1 aromatic heterocycles. The Hall–Kier alpha value is -1.71. The third-order valence-corrected chi connectivity index (χ3v) is 2.56. The summed E-state index contributed by atoms with van der Waals surface area (Å²) in [4.78, 5) is 16.1. The second-order valence-corrected chi connectivity index (χ2v) is 4.20. The minimum Gasteiger partial charge on any atom is -0.395 e. The van der Waals surface area contributed by atoms with Crippen LogP contribution in [-0.4, -0.2) is 83.8 Å². The van der Waals surface area contributed by atoms with Gasteiger partial charge in [-0.25, -0.2) is 0 Å². The predicted octanol–water partition coefficient (Wildman–Crippen LogP) is -1.87. The quantitative estimate of drug-likeness (QED) is 0.414. The van der Waals surface area contributed by atoms with Gasteiger partial charge in [-0.2, -0.15) is 15.0 Å². The van der Waals surface area contributed by atoms with E-state index in [1.165, 1.54) is 0 Å². The summed E-state index contributed by atoms with van der Waals surface area (Å²) in [6.07, 6.45) is 0. The average molecular weight is 286 g/mol. The van der Waals surface area contributed by atoms with Gasteiger partial charge in [-0.05, 0) is 0 Å². The number of aromatic nitrogens is 3. The maximum absolute atomic E-state index is 8.97. The van der Waals surface area contributed by atoms with Crippen LogP contribution in [0.5, 0.6) is 0 Å². The zero-order valence-corrected chi connectivity index (χ0v) is 11.8. The van der Waals surface area contributed by atoms with Crippen LogP contribution in [0.2, 0.25) is 0 Å². The molecule has 1 aromatic rings. The normalized spacial score (nSPS) is 10.4. The molecule has 0 unspecified atom stereocenters. The average Bonchev–Trinajstić information content (AvgIpc) is 2.45. The summed E-state index contributed by atoms with van der Waals surface area (Å²) in [5, 5.41) is 29.6. The van der Waals surface area contributed by atoms with Gasteiger partial charge in [-0.1, -0.05) is 0 Å². The van der Waals surface area contributed by atoms with Crippen molar-refractivity contribution < 1.29 is 15.3 Å². The van der Waals surface area contributed by atoms with Crippen molar-refractivity contribution >= 4 is 17.8 Å². The Morgan fingerprint density at radius 1 is 0.850 bits per heavy atom. The molecule has 0 aliphatic heterocycles. The molecule has 0 aromatic carbocycles. The summed E-state index contributed by atoms with van der Waals surface area (Å²) in [7, 11) is 3.52. The topological polar surface area (TPSA) is 118 Å². The maximum atomic E-state index is 8.97. The molecule has 9 heteroatoms. The highest BCUT2D eigenvalue weighted by Gasteiger charge is 2.12. The number of hydrogen-bond acceptors (Lipinski definition) is 9. The van der Waals surface area contributed by atoms with Crippen molar-refractivity contribution in [2.75, 3.05) is 68.7 Å². The zero-order chi connectivity index (χ0) is 15.0. The first kappa shape index (κ1) is 16.3. The highest BCUT2D eigenvalue weighted by Crippen LogP contribution is 2.14. The molecule has 0 spiro atoms. The van der Waals surface area contributed by atoms with E-state index in [0.717, 1.165) is 0 Å². The molecule has 114 valence electrons. The van der Waals surface area contributed by atoms with Gasteiger partial charge in [0.05, 0.1) is 19.8 Å². The van der Waals surface area contributed by atoms with E-state index in [-0.39, 0.29) is 19.8 Å². The van der Waals surface area contributed by atoms with Crippen LogP contribution in [-0.2, 0) is 0 Å². The molecule has 0 bridgehead atoms. The van der Waals surface area contributed by atoms with Crippen LogP contribution >= 0.6 is 0 Å². The summed E-state index contributed by atoms with van der Waals surface area (Å²) >= 11 is 0. The highest BCUT2D eigenvalue weighted by molar-refractivity contribution is 5.44. The minimum atomic E-state index is -0.0324. The van der Waals surface area contributed by atoms with Crippen molar-refractivity contribution in [1.29, 1.82) is 0 Å². The Labute approximate surface area is 117 Å². The third kappa shape index (κ3) is 4.76. The van der Waals surface area contributed by atoms with Gasteiger partial charge in [-0.15, -0.1) is 0 Å². The van der Waals surface area contributed by atoms with Crippen LogP contribution in [0.4, 0.5) is 17.8 Å². The van der Waals surface area contributed by atoms with Crippen molar-refractivity contribution in [3.05, 3.63) is 0 Å². The summed E-state index contributed by atoms with van der Waals surface area (Å²) in [5.41, 5.74) is 0. The van der Waals surface area contributed by atoms with E-state index < -0.39 is 0 Å². The molecule has 0 saturated heterocycles. The number of likely N-dealkylation sites (N-methyl/N-ethyl adjacent to an activating group) is 2. The van der Waals surface area contributed by atoms with Gasteiger partial charge in [0.15, 0.2) is 0 Å². The van der Waals surface area contributed by atoms with E-state index in [4.69, 9.17) is 15.3 Å². The van der Waals surface area contributed by atoms with Gasteiger partial charge in [0.2, 0.25) is 17.8 Å². The molecule has 0 saturated carbocycles. The number of nitrogens with one attached hydrogen (secondary N) is 1. The number of aliphatic hydroxyl groups is 3. The van der Waals surface area contributed by atoms with E-state index in [9.17, 15) is 0 Å². The van der Waals surface area contributed by atoms with Gasteiger partial charge in [0.25, 0.3) is 0 Å². The first-order valence-corrected chi connectivity index (χ1v) is 6.37. The maximum Gasteiger partial charge on any atom is 0.231 e. The lowest BCUT2D eigenvalue weighted by atomic mass is 10.5. The van der Waals surface area contributed by atoms with Gasteiger partial charge < -0.3 is 30.4 Å². The minimum absolute atomic E-state index is 0.0105. The van der Waals surface area contributed by atoms with Crippen LogP contribution in [0, 0.1) is 0 Å². The second-order valence-electron chi connectivity index (χ2n) is 4.20. The fraction of sp³-hybridized carbons (Fsp3) is 0.727. The molecule has 0 radical (unpaired) electrons. The molecule has 0 aliphatic carbocycles. The number of rotatable bonds is 9. The van der Waals surface area contributed by atoms with Crippen LogP contribution < -0.4 is 15.1 Å². The molecule has 4 N–H and O–H groups in total. The SMILES string of the molecule is CN(CCO)c1nc(NCCO)nc(N(C)CCO)n1. The number of aliphatic hydroxyl groups excluding tert-OH is 3. The molecule has 20 heavy (non-hydrogen) atoms. The van der Waals surface area contributed by atoms with E-state index in [2.05, 4.69) is 20.3 Å². The lowest BCUT2D eigenvalue weighted by Gasteiger charge is -2.20. The standard InChI is InChI=1S/C11H22N6O3/c1-16(4-7-19)10-13-9(12-3-6-18)14-11(15-10)17(2)5-8-20/h18-20H,3-8H2,1-2H3,(H,12,13,14,15). The fourth-order valence-corrected chi connectivity index (χ4v) is 1.44. The van der Waals surface area contributed by atoms with Crippen molar-refractivity contribution in [2.45, 2.75) is 0 Å². The molecule has 1 heterocycles. The zero-order valence-electron chi connectivity index (χ0n) is 11.8. The molecule has 0 aliphatic rings. The van der Waals surface area contributed by atoms with Gasteiger partial charge in [-0.3, -0.25) is 0 Å². The van der Waals surface area contributed by atoms with Crippen molar-refractivity contribution in [1.82, 2.24) is 15.0 Å². The van der Waals surface area contributed by atoms with E-state index in [0.29, 0.717) is 37.5 Å². The van der Waals surface area contributed by atoms with Crippen molar-refractivity contribution in [3.8, 4) is 0 Å². The first-order valence-electron chi connectivity index (χ1n) is 6.37. The molecule has 0 fully saturated rings. The van der Waals surface area contributed by atoms with E-state index in [1.54, 1.807) is 23.9 Å². The monoisotopic (exact) mass is 286 g/mol. The van der Waals surface area contributed by atoms with Crippen LogP contribution in [0.3, 0.4) is 0 Å². The summed E-state index contributed by atoms with van der Waals surface area (Å²) in [5.74, 6) is 1.16. The van der Waals surface area contributed by atoms with E-state index >= 15 is 0 Å². The molecule has 1 rings (SSSR count). The Morgan fingerprint density at radius 2 is 1.35 bits per heavy atom. The molecular formula is C11H22N6O3. The third-order valence-electron chi connectivity index (χ3n) is 2.56. The Kier molecular flexibility index (Phi) is 6.91. The molecule has 0 atom stereocenters. The van der Waals surface area contributed by atoms with Crippen LogP contribution in [0.25, 0.3) is 0 Å². The first-order chi connectivity index (χ1) is 9.62. The second kappa shape index (κ2) is 8.46. The number of nitrogens with zero attached hydrogens (tertiary/aromatic N) is 5. The fourth-order valence-electron chi connectivity index (χ4n) is 1.44. The molecule has 9 nitrogen and oxygen atoms in total. The Bertz CT molecular complexity index is 375. The van der Waals surface area contributed by atoms with Gasteiger partial charge >= 0.3 is 0 Å². The van der Waals surface area contributed by atoms with Crippen molar-refractivity contribution in [3.63, 3.8) is 0 Å². The van der Waals surface area contributed by atoms with E-state index in [1.807, 2.05) is 0 Å². The summed E-state index contributed by atoms with van der Waals surface area (Å²) in [6, 6.07) is 0. The number of anilines is 3. The molecular weight excluding hydrogens is 264 g/mol. The number of hydrogen-bond donors (Lipinski definition) is 4. The van der Waals surface area contributed by atoms with Crippen molar-refractivity contribution in [2.24, 2.45) is 0 Å². The summed E-state index contributed by atoms with van der Waals surface area (Å²) < 4.78 is 0. The Morgan fingerprint density at radius 3 is 1.75 bits per heavy atom. The van der Waals surface area contributed by atoms with Gasteiger partial charge in [0, 0.05) is 33.7 Å². The predicted molar refractivity (Wildman–Crippen MR) is 76.1 cm³/mol. The largest absolute Gasteiger partial charge is 0.395 e. The molecule has 0 amide bonds. The lowest BCUT2D eigenvalue weighted by Crippen LogP contribution is -2.28. The highest BCUT2D eigenvalue weighted by atomic mass is 16.3. The lowest BCUT2D eigenvalue weighted by molar-refractivity contribution is 0.303. The van der Waals surface area contributed by atoms with Crippen LogP contribution in [0.15, 0.2) is 0 Å². The van der Waals surface area contributed by atoms with Crippen LogP contribution in [0.1, 0.15) is 0 Å². The smallest absolute Gasteiger partial charge is 0.231 e. The van der Waals surface area contributed by atoms with Gasteiger partial charge in [0.1, 0.15) is 0 Å².